The number of amides is 1. The summed E-state index contributed by atoms with van der Waals surface area (Å²) in [5.74, 6) is 0.614. The third-order valence-electron chi connectivity index (χ3n) is 4.25. The van der Waals surface area contributed by atoms with Crippen LogP contribution in [-0.4, -0.2) is 38.0 Å². The summed E-state index contributed by atoms with van der Waals surface area (Å²) < 4.78 is 15.8. The van der Waals surface area contributed by atoms with Crippen molar-refractivity contribution in [1.82, 2.24) is 4.98 Å². The van der Waals surface area contributed by atoms with Crippen LogP contribution in [-0.2, 0) is 0 Å². The number of carbonyl (C=O) groups excluding carboxylic acids is 2. The molecule has 0 radical (unpaired) electrons. The van der Waals surface area contributed by atoms with Crippen LogP contribution in [0.5, 0.6) is 17.2 Å². The van der Waals surface area contributed by atoms with E-state index in [0.29, 0.717) is 39.6 Å². The number of hydrogen-bond donors (Lipinski definition) is 1. The molecule has 0 fully saturated rings. The molecule has 3 aromatic rings. The highest BCUT2D eigenvalue weighted by molar-refractivity contribution is 6.10. The van der Waals surface area contributed by atoms with Crippen molar-refractivity contribution in [3.8, 4) is 17.2 Å². The Bertz CT molecular complexity index is 1010. The normalized spacial score (nSPS) is 10.2. The number of pyridine rings is 1. The number of aromatic nitrogens is 1. The van der Waals surface area contributed by atoms with Gasteiger partial charge in [0.2, 0.25) is 5.75 Å². The third-order valence-corrected chi connectivity index (χ3v) is 4.25. The number of methoxy groups -OCH3 is 3. The van der Waals surface area contributed by atoms with E-state index in [1.54, 1.807) is 60.9 Å². The molecule has 0 aliphatic carbocycles. The molecule has 29 heavy (non-hydrogen) atoms. The van der Waals surface area contributed by atoms with E-state index < -0.39 is 0 Å². The van der Waals surface area contributed by atoms with Crippen molar-refractivity contribution < 1.29 is 23.8 Å². The standard InChI is InChI=1S/C22H20N2O5/c1-27-18-12-16(13-19(28-2)21(18)29-3)22(26)24-17-6-4-5-15(11-17)20(25)14-7-9-23-10-8-14/h4-13H,1-3H3,(H,24,26). The lowest BCUT2D eigenvalue weighted by molar-refractivity contribution is 0.102. The largest absolute Gasteiger partial charge is 0.493 e. The molecule has 0 atom stereocenters. The fourth-order valence-electron chi connectivity index (χ4n) is 2.82. The highest BCUT2D eigenvalue weighted by Crippen LogP contribution is 2.38. The van der Waals surface area contributed by atoms with E-state index in [2.05, 4.69) is 10.3 Å². The zero-order valence-corrected chi connectivity index (χ0v) is 16.3. The minimum Gasteiger partial charge on any atom is -0.493 e. The van der Waals surface area contributed by atoms with Gasteiger partial charge in [-0.1, -0.05) is 12.1 Å². The van der Waals surface area contributed by atoms with E-state index in [1.165, 1.54) is 21.3 Å². The SMILES string of the molecule is COc1cc(C(=O)Nc2cccc(C(=O)c3ccncc3)c2)cc(OC)c1OC. The number of carbonyl (C=O) groups is 2. The molecule has 0 saturated carbocycles. The van der Waals surface area contributed by atoms with E-state index in [1.807, 2.05) is 0 Å². The number of benzene rings is 2. The molecule has 1 heterocycles. The first kappa shape index (κ1) is 19.9. The van der Waals surface area contributed by atoms with Crippen LogP contribution in [0.25, 0.3) is 0 Å². The first-order chi connectivity index (χ1) is 14.1. The van der Waals surface area contributed by atoms with Gasteiger partial charge < -0.3 is 19.5 Å². The third kappa shape index (κ3) is 4.35. The highest BCUT2D eigenvalue weighted by atomic mass is 16.5. The number of ether oxygens (including phenoxy) is 3. The molecule has 7 nitrogen and oxygen atoms in total. The Hall–Kier alpha value is -3.87. The molecule has 0 spiro atoms. The van der Waals surface area contributed by atoms with Gasteiger partial charge in [-0.25, -0.2) is 0 Å². The Balaban J connectivity index is 1.85. The van der Waals surface area contributed by atoms with E-state index >= 15 is 0 Å². The summed E-state index contributed by atoms with van der Waals surface area (Å²) in [6.45, 7) is 0. The second kappa shape index (κ2) is 8.88. The molecule has 0 saturated heterocycles. The van der Waals surface area contributed by atoms with Crippen molar-refractivity contribution in [2.45, 2.75) is 0 Å². The molecule has 3 rings (SSSR count). The van der Waals surface area contributed by atoms with Crippen molar-refractivity contribution in [2.75, 3.05) is 26.6 Å². The lowest BCUT2D eigenvalue weighted by atomic mass is 10.0. The molecule has 1 amide bonds. The van der Waals surface area contributed by atoms with Crippen molar-refractivity contribution in [3.05, 3.63) is 77.6 Å². The Kier molecular flexibility index (Phi) is 6.09. The van der Waals surface area contributed by atoms with Gasteiger partial charge in [0.05, 0.1) is 21.3 Å². The van der Waals surface area contributed by atoms with Crippen LogP contribution in [0.3, 0.4) is 0 Å². The Morgan fingerprint density at radius 1 is 0.793 bits per heavy atom. The lowest BCUT2D eigenvalue weighted by Gasteiger charge is -2.14. The number of hydrogen-bond acceptors (Lipinski definition) is 6. The van der Waals surface area contributed by atoms with Gasteiger partial charge in [0.25, 0.3) is 5.91 Å². The van der Waals surface area contributed by atoms with Gasteiger partial charge in [0, 0.05) is 34.8 Å². The van der Waals surface area contributed by atoms with Crippen molar-refractivity contribution in [3.63, 3.8) is 0 Å². The molecule has 2 aromatic carbocycles. The highest BCUT2D eigenvalue weighted by Gasteiger charge is 2.17. The summed E-state index contributed by atoms with van der Waals surface area (Å²) in [5.41, 5.74) is 1.79. The lowest BCUT2D eigenvalue weighted by Crippen LogP contribution is -2.13. The minimum absolute atomic E-state index is 0.156. The number of nitrogens with zero attached hydrogens (tertiary/aromatic N) is 1. The predicted octanol–water partition coefficient (Wildman–Crippen LogP) is 3.59. The Morgan fingerprint density at radius 3 is 2.03 bits per heavy atom. The van der Waals surface area contributed by atoms with E-state index in [4.69, 9.17) is 14.2 Å². The van der Waals surface area contributed by atoms with Gasteiger partial charge in [0.15, 0.2) is 17.3 Å². The molecule has 0 aliphatic rings. The molecule has 1 aromatic heterocycles. The van der Waals surface area contributed by atoms with Gasteiger partial charge in [-0.15, -0.1) is 0 Å². The zero-order valence-electron chi connectivity index (χ0n) is 16.3. The van der Waals surface area contributed by atoms with Crippen LogP contribution >= 0.6 is 0 Å². The second-order valence-electron chi connectivity index (χ2n) is 6.01. The van der Waals surface area contributed by atoms with Crippen LogP contribution in [0.4, 0.5) is 5.69 Å². The van der Waals surface area contributed by atoms with E-state index in [9.17, 15) is 9.59 Å². The molecular weight excluding hydrogens is 372 g/mol. The fourth-order valence-corrected chi connectivity index (χ4v) is 2.82. The number of ketones is 1. The van der Waals surface area contributed by atoms with E-state index in [-0.39, 0.29) is 11.7 Å². The second-order valence-corrected chi connectivity index (χ2v) is 6.01. The summed E-state index contributed by atoms with van der Waals surface area (Å²) in [5, 5.41) is 2.79. The molecule has 7 heteroatoms. The zero-order chi connectivity index (χ0) is 20.8. The molecule has 0 bridgehead atoms. The maximum absolute atomic E-state index is 12.7. The van der Waals surface area contributed by atoms with Gasteiger partial charge in [-0.05, 0) is 36.4 Å². The summed E-state index contributed by atoms with van der Waals surface area (Å²) in [4.78, 5) is 29.3. The number of anilines is 1. The van der Waals surface area contributed by atoms with Gasteiger partial charge >= 0.3 is 0 Å². The van der Waals surface area contributed by atoms with Crippen LogP contribution in [0, 0.1) is 0 Å². The maximum atomic E-state index is 12.7. The fraction of sp³-hybridized carbons (Fsp3) is 0.136. The molecule has 148 valence electrons. The predicted molar refractivity (Wildman–Crippen MR) is 108 cm³/mol. The topological polar surface area (TPSA) is 86.8 Å². The van der Waals surface area contributed by atoms with Gasteiger partial charge in [0.1, 0.15) is 0 Å². The minimum atomic E-state index is -0.377. The quantitative estimate of drug-likeness (QED) is 0.619. The number of nitrogens with one attached hydrogen (secondary N) is 1. The molecule has 0 aliphatic heterocycles. The number of rotatable bonds is 7. The Morgan fingerprint density at radius 2 is 1.45 bits per heavy atom. The Labute approximate surface area is 168 Å². The first-order valence-electron chi connectivity index (χ1n) is 8.73. The van der Waals surface area contributed by atoms with Crippen LogP contribution < -0.4 is 19.5 Å². The monoisotopic (exact) mass is 392 g/mol. The van der Waals surface area contributed by atoms with Crippen molar-refractivity contribution >= 4 is 17.4 Å². The van der Waals surface area contributed by atoms with Crippen molar-refractivity contribution in [2.24, 2.45) is 0 Å². The van der Waals surface area contributed by atoms with Gasteiger partial charge in [-0.3, -0.25) is 14.6 Å². The summed E-state index contributed by atoms with van der Waals surface area (Å²) >= 11 is 0. The van der Waals surface area contributed by atoms with Crippen LogP contribution in [0.15, 0.2) is 60.9 Å². The molecular formula is C22H20N2O5. The van der Waals surface area contributed by atoms with Crippen molar-refractivity contribution in [1.29, 1.82) is 0 Å². The smallest absolute Gasteiger partial charge is 0.255 e. The summed E-state index contributed by atoms with van der Waals surface area (Å²) in [6.07, 6.45) is 3.12. The van der Waals surface area contributed by atoms with Gasteiger partial charge in [-0.2, -0.15) is 0 Å². The maximum Gasteiger partial charge on any atom is 0.255 e. The summed E-state index contributed by atoms with van der Waals surface area (Å²) in [6, 6.07) is 13.1. The van der Waals surface area contributed by atoms with Crippen LogP contribution in [0.2, 0.25) is 0 Å². The molecule has 1 N–H and O–H groups in total. The average molecular weight is 392 g/mol. The van der Waals surface area contributed by atoms with Crippen LogP contribution in [0.1, 0.15) is 26.3 Å². The summed E-state index contributed by atoms with van der Waals surface area (Å²) in [7, 11) is 4.45. The molecule has 0 unspecified atom stereocenters. The van der Waals surface area contributed by atoms with E-state index in [0.717, 1.165) is 0 Å². The first-order valence-corrected chi connectivity index (χ1v) is 8.73. The average Bonchev–Trinajstić information content (AvgIpc) is 2.78.